The predicted molar refractivity (Wildman–Crippen MR) is 96.3 cm³/mol. The molecular weight excluding hydrogens is 354 g/mol. The van der Waals surface area contributed by atoms with Crippen LogP contribution in [0.3, 0.4) is 0 Å². The van der Waals surface area contributed by atoms with Crippen molar-refractivity contribution in [2.45, 2.75) is 32.8 Å². The molecule has 3 rings (SSSR count). The van der Waals surface area contributed by atoms with Crippen molar-refractivity contribution < 1.29 is 13.5 Å². The summed E-state index contributed by atoms with van der Waals surface area (Å²) in [6.45, 7) is 2.08. The number of halogens is 2. The van der Waals surface area contributed by atoms with Crippen LogP contribution in [0.25, 0.3) is 5.69 Å². The SMILES string of the molecule is CCCc1cccc(-n2nnn(C)c2=O)c1COc1ccccc1C(F)F. The molecule has 0 amide bonds. The van der Waals surface area contributed by atoms with E-state index in [2.05, 4.69) is 10.4 Å². The van der Waals surface area contributed by atoms with Gasteiger partial charge in [-0.2, -0.15) is 9.36 Å². The molecule has 3 aromatic rings. The van der Waals surface area contributed by atoms with Crippen molar-refractivity contribution in [2.75, 3.05) is 0 Å². The van der Waals surface area contributed by atoms with Gasteiger partial charge in [-0.05, 0) is 40.6 Å². The molecule has 0 saturated carbocycles. The summed E-state index contributed by atoms with van der Waals surface area (Å²) in [5.74, 6) is 0.122. The van der Waals surface area contributed by atoms with Gasteiger partial charge in [0.1, 0.15) is 12.4 Å². The van der Waals surface area contributed by atoms with Gasteiger partial charge in [0.05, 0.1) is 11.3 Å². The quantitative estimate of drug-likeness (QED) is 0.636. The molecule has 1 heterocycles. The Morgan fingerprint density at radius 1 is 1.11 bits per heavy atom. The highest BCUT2D eigenvalue weighted by Gasteiger charge is 2.17. The van der Waals surface area contributed by atoms with E-state index < -0.39 is 12.1 Å². The van der Waals surface area contributed by atoms with E-state index in [4.69, 9.17) is 4.74 Å². The average Bonchev–Trinajstić information content (AvgIpc) is 2.99. The van der Waals surface area contributed by atoms with Crippen LogP contribution < -0.4 is 10.4 Å². The zero-order valence-corrected chi connectivity index (χ0v) is 15.1. The fraction of sp³-hybridized carbons (Fsp3) is 0.316. The minimum Gasteiger partial charge on any atom is -0.488 e. The van der Waals surface area contributed by atoms with E-state index in [-0.39, 0.29) is 17.9 Å². The van der Waals surface area contributed by atoms with E-state index in [0.29, 0.717) is 5.69 Å². The van der Waals surface area contributed by atoms with Gasteiger partial charge in [0.2, 0.25) is 0 Å². The topological polar surface area (TPSA) is 61.9 Å². The Morgan fingerprint density at radius 3 is 2.56 bits per heavy atom. The third-order valence-corrected chi connectivity index (χ3v) is 4.24. The van der Waals surface area contributed by atoms with Crippen molar-refractivity contribution in [3.05, 3.63) is 69.6 Å². The first-order chi connectivity index (χ1) is 13.0. The second kappa shape index (κ2) is 8.11. The minimum atomic E-state index is -2.63. The number of nitrogens with zero attached hydrogens (tertiary/aromatic N) is 4. The van der Waals surface area contributed by atoms with Gasteiger partial charge in [0.25, 0.3) is 6.43 Å². The molecule has 0 aliphatic heterocycles. The minimum absolute atomic E-state index is 0.0399. The van der Waals surface area contributed by atoms with Gasteiger partial charge in [-0.1, -0.05) is 37.6 Å². The van der Waals surface area contributed by atoms with Gasteiger partial charge < -0.3 is 4.74 Å². The van der Waals surface area contributed by atoms with Crippen LogP contribution in [0.2, 0.25) is 0 Å². The Kier molecular flexibility index (Phi) is 5.63. The van der Waals surface area contributed by atoms with Gasteiger partial charge in [-0.15, -0.1) is 0 Å². The van der Waals surface area contributed by atoms with Crippen molar-refractivity contribution >= 4 is 0 Å². The zero-order valence-electron chi connectivity index (χ0n) is 15.1. The first-order valence-electron chi connectivity index (χ1n) is 8.63. The number of ether oxygens (including phenoxy) is 1. The van der Waals surface area contributed by atoms with Gasteiger partial charge >= 0.3 is 5.69 Å². The van der Waals surface area contributed by atoms with Crippen LogP contribution in [-0.2, 0) is 20.1 Å². The number of alkyl halides is 2. The Morgan fingerprint density at radius 2 is 1.89 bits per heavy atom. The lowest BCUT2D eigenvalue weighted by Gasteiger charge is -2.16. The molecule has 1 aromatic heterocycles. The van der Waals surface area contributed by atoms with Crippen LogP contribution in [0.1, 0.15) is 36.5 Å². The highest BCUT2D eigenvalue weighted by molar-refractivity contribution is 5.45. The lowest BCUT2D eigenvalue weighted by atomic mass is 10.0. The number of hydrogen-bond donors (Lipinski definition) is 0. The summed E-state index contributed by atoms with van der Waals surface area (Å²) in [7, 11) is 1.51. The number of aryl methyl sites for hydroxylation is 2. The Balaban J connectivity index is 2.01. The predicted octanol–water partition coefficient (Wildman–Crippen LogP) is 3.44. The van der Waals surface area contributed by atoms with Crippen molar-refractivity contribution in [1.82, 2.24) is 19.8 Å². The molecule has 0 aliphatic rings. The highest BCUT2D eigenvalue weighted by atomic mass is 19.3. The molecule has 0 unspecified atom stereocenters. The fourth-order valence-electron chi connectivity index (χ4n) is 2.90. The standard InChI is InChI=1S/C19H20F2N4O2/c1-3-7-13-8-6-10-16(25-19(26)24(2)22-23-25)15(13)12-27-17-11-5-4-9-14(17)18(20)21/h4-6,8-11,18H,3,7,12H2,1-2H3. The summed E-state index contributed by atoms with van der Waals surface area (Å²) in [6.07, 6.45) is -0.980. The van der Waals surface area contributed by atoms with Crippen molar-refractivity contribution in [3.8, 4) is 11.4 Å². The second-order valence-electron chi connectivity index (χ2n) is 6.09. The third-order valence-electron chi connectivity index (χ3n) is 4.24. The van der Waals surface area contributed by atoms with E-state index in [0.717, 1.165) is 28.7 Å². The van der Waals surface area contributed by atoms with E-state index in [1.807, 2.05) is 19.1 Å². The fourth-order valence-corrected chi connectivity index (χ4v) is 2.90. The van der Waals surface area contributed by atoms with E-state index in [1.165, 1.54) is 23.9 Å². The summed E-state index contributed by atoms with van der Waals surface area (Å²) >= 11 is 0. The van der Waals surface area contributed by atoms with Crippen LogP contribution in [0, 0.1) is 0 Å². The van der Waals surface area contributed by atoms with Gasteiger partial charge in [-0.25, -0.2) is 13.6 Å². The third kappa shape index (κ3) is 3.89. The van der Waals surface area contributed by atoms with Gasteiger partial charge in [-0.3, -0.25) is 0 Å². The first-order valence-corrected chi connectivity index (χ1v) is 8.63. The number of para-hydroxylation sites is 1. The molecule has 142 valence electrons. The summed E-state index contributed by atoms with van der Waals surface area (Å²) in [5, 5.41) is 7.63. The highest BCUT2D eigenvalue weighted by Crippen LogP contribution is 2.30. The van der Waals surface area contributed by atoms with E-state index >= 15 is 0 Å². The summed E-state index contributed by atoms with van der Waals surface area (Å²) < 4.78 is 34.5. The molecule has 0 saturated heterocycles. The number of benzene rings is 2. The molecule has 6 nitrogen and oxygen atoms in total. The van der Waals surface area contributed by atoms with E-state index in [1.54, 1.807) is 18.2 Å². The normalized spacial score (nSPS) is 11.1. The van der Waals surface area contributed by atoms with Crippen molar-refractivity contribution in [1.29, 1.82) is 0 Å². The first kappa shape index (κ1) is 18.8. The lowest BCUT2D eigenvalue weighted by Crippen LogP contribution is -2.23. The average molecular weight is 374 g/mol. The maximum atomic E-state index is 13.2. The van der Waals surface area contributed by atoms with Crippen LogP contribution in [-0.4, -0.2) is 19.8 Å². The molecule has 0 aliphatic carbocycles. The molecule has 0 fully saturated rings. The molecule has 27 heavy (non-hydrogen) atoms. The van der Waals surface area contributed by atoms with Crippen LogP contribution in [0.15, 0.2) is 47.3 Å². The van der Waals surface area contributed by atoms with Crippen molar-refractivity contribution in [3.63, 3.8) is 0 Å². The summed E-state index contributed by atoms with van der Waals surface area (Å²) in [4.78, 5) is 12.3. The second-order valence-corrected chi connectivity index (χ2v) is 6.09. The number of hydrogen-bond acceptors (Lipinski definition) is 4. The number of tetrazole rings is 1. The maximum Gasteiger partial charge on any atom is 0.368 e. The monoisotopic (exact) mass is 374 g/mol. The molecule has 0 spiro atoms. The van der Waals surface area contributed by atoms with Crippen LogP contribution in [0.5, 0.6) is 5.75 Å². The Hall–Kier alpha value is -3.03. The van der Waals surface area contributed by atoms with Crippen LogP contribution >= 0.6 is 0 Å². The largest absolute Gasteiger partial charge is 0.488 e. The summed E-state index contributed by atoms with van der Waals surface area (Å²) in [5.41, 5.74) is 1.68. The molecule has 2 aromatic carbocycles. The van der Waals surface area contributed by atoms with E-state index in [9.17, 15) is 13.6 Å². The molecule has 0 N–H and O–H groups in total. The number of rotatable bonds is 7. The molecular formula is C19H20F2N4O2. The number of aromatic nitrogens is 4. The molecule has 0 bridgehead atoms. The molecule has 0 atom stereocenters. The van der Waals surface area contributed by atoms with Crippen LogP contribution in [0.4, 0.5) is 8.78 Å². The lowest BCUT2D eigenvalue weighted by molar-refractivity contribution is 0.144. The zero-order chi connectivity index (χ0) is 19.4. The Labute approximate surface area is 155 Å². The van der Waals surface area contributed by atoms with Gasteiger partial charge in [0, 0.05) is 12.6 Å². The van der Waals surface area contributed by atoms with Gasteiger partial charge in [0.15, 0.2) is 0 Å². The smallest absolute Gasteiger partial charge is 0.368 e. The maximum absolute atomic E-state index is 13.2. The van der Waals surface area contributed by atoms with Crippen molar-refractivity contribution in [2.24, 2.45) is 7.05 Å². The summed E-state index contributed by atoms with van der Waals surface area (Å²) in [6, 6.07) is 11.6. The molecule has 0 radical (unpaired) electrons. The Bertz CT molecular complexity index is 982. The molecule has 8 heteroatoms.